The zero-order valence-electron chi connectivity index (χ0n) is 9.54. The van der Waals surface area contributed by atoms with Crippen molar-refractivity contribution in [3.05, 3.63) is 29.8 Å². The van der Waals surface area contributed by atoms with E-state index in [1.807, 2.05) is 0 Å². The molecule has 1 aromatic rings. The number of amides is 1. The summed E-state index contributed by atoms with van der Waals surface area (Å²) in [6, 6.07) is 5.68. The van der Waals surface area contributed by atoms with Gasteiger partial charge in [-0.1, -0.05) is 12.1 Å². The predicted molar refractivity (Wildman–Crippen MR) is 63.2 cm³/mol. The lowest BCUT2D eigenvalue weighted by molar-refractivity contribution is 0.0997. The number of benzene rings is 1. The number of primary amides is 1. The number of alkyl halides is 1. The van der Waals surface area contributed by atoms with E-state index in [0.717, 1.165) is 4.31 Å². The van der Waals surface area contributed by atoms with Crippen LogP contribution in [0.15, 0.2) is 29.2 Å². The lowest BCUT2D eigenvalue weighted by Crippen LogP contribution is -2.31. The number of rotatable bonds is 3. The van der Waals surface area contributed by atoms with Gasteiger partial charge in [0.15, 0.2) is 0 Å². The molecule has 1 atom stereocenters. The van der Waals surface area contributed by atoms with E-state index in [-0.39, 0.29) is 30.0 Å². The molecular weight excluding hydrogens is 259 g/mol. The Bertz CT molecular complexity index is 573. The molecule has 0 radical (unpaired) electrons. The minimum Gasteiger partial charge on any atom is -0.366 e. The summed E-state index contributed by atoms with van der Waals surface area (Å²) in [5.41, 5.74) is 5.07. The summed E-state index contributed by atoms with van der Waals surface area (Å²) in [5, 5.41) is 0. The van der Waals surface area contributed by atoms with Crippen LogP contribution in [-0.4, -0.2) is 37.9 Å². The van der Waals surface area contributed by atoms with Crippen molar-refractivity contribution in [2.45, 2.75) is 17.5 Å². The third-order valence-corrected chi connectivity index (χ3v) is 4.79. The van der Waals surface area contributed by atoms with Gasteiger partial charge in [0.25, 0.3) is 0 Å². The Morgan fingerprint density at radius 3 is 2.61 bits per heavy atom. The number of carbonyl (C=O) groups is 1. The van der Waals surface area contributed by atoms with Crippen molar-refractivity contribution in [1.29, 1.82) is 0 Å². The first kappa shape index (κ1) is 13.0. The molecule has 0 aliphatic carbocycles. The fourth-order valence-electron chi connectivity index (χ4n) is 1.94. The molecule has 1 amide bonds. The van der Waals surface area contributed by atoms with Gasteiger partial charge >= 0.3 is 0 Å². The van der Waals surface area contributed by atoms with E-state index in [4.69, 9.17) is 5.73 Å². The van der Waals surface area contributed by atoms with Crippen LogP contribution >= 0.6 is 0 Å². The highest BCUT2D eigenvalue weighted by molar-refractivity contribution is 7.89. The number of hydrogen-bond donors (Lipinski definition) is 1. The van der Waals surface area contributed by atoms with Crippen molar-refractivity contribution in [1.82, 2.24) is 4.31 Å². The molecule has 0 saturated carbocycles. The highest BCUT2D eigenvalue weighted by Crippen LogP contribution is 2.24. The van der Waals surface area contributed by atoms with Crippen LogP contribution < -0.4 is 5.73 Å². The molecule has 0 bridgehead atoms. The monoisotopic (exact) mass is 272 g/mol. The highest BCUT2D eigenvalue weighted by atomic mass is 32.2. The van der Waals surface area contributed by atoms with Gasteiger partial charge in [0, 0.05) is 13.1 Å². The normalized spacial score (nSPS) is 21.1. The Kier molecular flexibility index (Phi) is 3.36. The van der Waals surface area contributed by atoms with Gasteiger partial charge < -0.3 is 5.73 Å². The fourth-order valence-corrected chi connectivity index (χ4v) is 3.62. The molecule has 18 heavy (non-hydrogen) atoms. The maximum atomic E-state index is 13.1. The molecule has 1 aromatic carbocycles. The first-order valence-corrected chi connectivity index (χ1v) is 6.90. The minimum atomic E-state index is -3.85. The van der Waals surface area contributed by atoms with E-state index in [1.54, 1.807) is 0 Å². The summed E-state index contributed by atoms with van der Waals surface area (Å²) in [6.07, 6.45) is -0.974. The lowest BCUT2D eigenvalue weighted by Gasteiger charge is -2.16. The van der Waals surface area contributed by atoms with Crippen molar-refractivity contribution in [2.24, 2.45) is 5.73 Å². The third-order valence-electron chi connectivity index (χ3n) is 2.86. The fraction of sp³-hybridized carbons (Fsp3) is 0.364. The zero-order valence-corrected chi connectivity index (χ0v) is 10.4. The Morgan fingerprint density at radius 2 is 2.06 bits per heavy atom. The standard InChI is InChI=1S/C11H13FN2O3S/c12-8-5-6-14(7-8)18(16,17)10-4-2-1-3-9(10)11(13)15/h1-4,8H,5-7H2,(H2,13,15)/t8-/m1/s1. The second-order valence-corrected chi connectivity index (χ2v) is 6.02. The molecule has 7 heteroatoms. The van der Waals surface area contributed by atoms with E-state index >= 15 is 0 Å². The average Bonchev–Trinajstić information content (AvgIpc) is 2.76. The molecule has 0 aromatic heterocycles. The molecular formula is C11H13FN2O3S. The predicted octanol–water partition coefficient (Wildman–Crippen LogP) is 0.518. The highest BCUT2D eigenvalue weighted by Gasteiger charge is 2.34. The van der Waals surface area contributed by atoms with Crippen molar-refractivity contribution in [3.63, 3.8) is 0 Å². The summed E-state index contributed by atoms with van der Waals surface area (Å²) in [7, 11) is -3.85. The van der Waals surface area contributed by atoms with Gasteiger partial charge in [0.05, 0.1) is 10.5 Å². The topological polar surface area (TPSA) is 80.5 Å². The average molecular weight is 272 g/mol. The minimum absolute atomic E-state index is 0.0696. The van der Waals surface area contributed by atoms with Gasteiger partial charge in [0.2, 0.25) is 15.9 Å². The smallest absolute Gasteiger partial charge is 0.250 e. The Morgan fingerprint density at radius 1 is 1.39 bits per heavy atom. The molecule has 1 fully saturated rings. The Hall–Kier alpha value is -1.47. The second-order valence-electron chi connectivity index (χ2n) is 4.11. The van der Waals surface area contributed by atoms with Gasteiger partial charge in [-0.25, -0.2) is 12.8 Å². The first-order valence-electron chi connectivity index (χ1n) is 5.46. The third kappa shape index (κ3) is 2.23. The van der Waals surface area contributed by atoms with Crippen LogP contribution in [0.1, 0.15) is 16.8 Å². The van der Waals surface area contributed by atoms with Crippen LogP contribution in [0, 0.1) is 0 Å². The van der Waals surface area contributed by atoms with Crippen LogP contribution in [0.3, 0.4) is 0 Å². The number of halogens is 1. The Balaban J connectivity index is 2.45. The van der Waals surface area contributed by atoms with Crippen LogP contribution in [0.5, 0.6) is 0 Å². The summed E-state index contributed by atoms with van der Waals surface area (Å²) >= 11 is 0. The van der Waals surface area contributed by atoms with Gasteiger partial charge in [0.1, 0.15) is 6.17 Å². The molecule has 0 unspecified atom stereocenters. The molecule has 5 nitrogen and oxygen atoms in total. The van der Waals surface area contributed by atoms with E-state index in [9.17, 15) is 17.6 Å². The first-order chi connectivity index (χ1) is 8.43. The largest absolute Gasteiger partial charge is 0.366 e. The molecule has 1 heterocycles. The maximum Gasteiger partial charge on any atom is 0.250 e. The van der Waals surface area contributed by atoms with Crippen molar-refractivity contribution >= 4 is 15.9 Å². The summed E-state index contributed by atoms with van der Waals surface area (Å²) < 4.78 is 38.6. The van der Waals surface area contributed by atoms with E-state index in [0.29, 0.717) is 0 Å². The van der Waals surface area contributed by atoms with Crippen molar-refractivity contribution in [3.8, 4) is 0 Å². The van der Waals surface area contributed by atoms with Crippen LogP contribution in [0.25, 0.3) is 0 Å². The number of nitrogens with two attached hydrogens (primary N) is 1. The van der Waals surface area contributed by atoms with Crippen molar-refractivity contribution < 1.29 is 17.6 Å². The second kappa shape index (κ2) is 4.66. The van der Waals surface area contributed by atoms with Gasteiger partial charge in [-0.15, -0.1) is 0 Å². The molecule has 2 rings (SSSR count). The SMILES string of the molecule is NC(=O)c1ccccc1S(=O)(=O)N1CC[C@@H](F)C1. The number of nitrogens with zero attached hydrogens (tertiary/aromatic N) is 1. The molecule has 2 N–H and O–H groups in total. The zero-order chi connectivity index (χ0) is 13.3. The molecule has 1 aliphatic rings. The number of hydrogen-bond acceptors (Lipinski definition) is 3. The van der Waals surface area contributed by atoms with E-state index in [2.05, 4.69) is 0 Å². The van der Waals surface area contributed by atoms with Crippen LogP contribution in [0.4, 0.5) is 4.39 Å². The van der Waals surface area contributed by atoms with Gasteiger partial charge in [-0.3, -0.25) is 4.79 Å². The van der Waals surface area contributed by atoms with E-state index < -0.39 is 22.1 Å². The number of carbonyl (C=O) groups excluding carboxylic acids is 1. The summed E-state index contributed by atoms with van der Waals surface area (Å²) in [4.78, 5) is 11.1. The molecule has 98 valence electrons. The number of sulfonamides is 1. The lowest BCUT2D eigenvalue weighted by atomic mass is 10.2. The molecule has 0 spiro atoms. The summed E-state index contributed by atoms with van der Waals surface area (Å²) in [6.45, 7) is -0.0496. The quantitative estimate of drug-likeness (QED) is 0.871. The van der Waals surface area contributed by atoms with Gasteiger partial charge in [-0.2, -0.15) is 4.31 Å². The van der Waals surface area contributed by atoms with Crippen LogP contribution in [-0.2, 0) is 10.0 Å². The summed E-state index contributed by atoms with van der Waals surface area (Å²) in [5.74, 6) is -0.815. The van der Waals surface area contributed by atoms with Crippen molar-refractivity contribution in [2.75, 3.05) is 13.1 Å². The van der Waals surface area contributed by atoms with Crippen LogP contribution in [0.2, 0.25) is 0 Å². The molecule has 1 saturated heterocycles. The maximum absolute atomic E-state index is 13.1. The van der Waals surface area contributed by atoms with Gasteiger partial charge in [-0.05, 0) is 18.6 Å². The van der Waals surface area contributed by atoms with E-state index in [1.165, 1.54) is 24.3 Å². The Labute approximate surface area is 104 Å². The molecule has 1 aliphatic heterocycles.